The standard InChI is InChI=1S/C19H24O8/c1-4-7-10(20)13-15(19(25)26)14(11(21)8-5-2)18(17(24)16(13)23)27-12(22)9-6-3/h23-24H,4-9H2,1-3H3,(H,25,26). The first-order valence-electron chi connectivity index (χ1n) is 8.83. The Balaban J connectivity index is 3.87. The molecule has 0 fully saturated rings. The third kappa shape index (κ3) is 4.84. The summed E-state index contributed by atoms with van der Waals surface area (Å²) < 4.78 is 5.01. The van der Waals surface area contributed by atoms with E-state index in [2.05, 4.69) is 0 Å². The predicted octanol–water partition coefficient (Wildman–Crippen LogP) is 3.47. The number of carboxylic acid groups (broad SMARTS) is 1. The van der Waals surface area contributed by atoms with Crippen LogP contribution < -0.4 is 4.74 Å². The fourth-order valence-electron chi connectivity index (χ4n) is 2.63. The molecular formula is C19H24O8. The number of phenols is 2. The molecule has 0 saturated carbocycles. The summed E-state index contributed by atoms with van der Waals surface area (Å²) in [6.07, 6.45) is 0.917. The minimum Gasteiger partial charge on any atom is -0.504 e. The van der Waals surface area contributed by atoms with Crippen LogP contribution in [0.2, 0.25) is 0 Å². The molecule has 0 bridgehead atoms. The molecule has 0 heterocycles. The fourth-order valence-corrected chi connectivity index (χ4v) is 2.63. The second-order valence-electron chi connectivity index (χ2n) is 6.03. The zero-order valence-electron chi connectivity index (χ0n) is 15.6. The molecule has 1 rings (SSSR count). The van der Waals surface area contributed by atoms with Crippen molar-refractivity contribution in [3.63, 3.8) is 0 Å². The van der Waals surface area contributed by atoms with Gasteiger partial charge in [-0.25, -0.2) is 4.79 Å². The fraction of sp³-hybridized carbons (Fsp3) is 0.474. The number of benzene rings is 1. The number of aromatic carboxylic acids is 1. The van der Waals surface area contributed by atoms with Gasteiger partial charge in [-0.1, -0.05) is 20.8 Å². The lowest BCUT2D eigenvalue weighted by Crippen LogP contribution is -2.19. The summed E-state index contributed by atoms with van der Waals surface area (Å²) in [7, 11) is 0. The molecule has 8 heteroatoms. The smallest absolute Gasteiger partial charge is 0.337 e. The van der Waals surface area contributed by atoms with Crippen LogP contribution in [0.5, 0.6) is 17.2 Å². The highest BCUT2D eigenvalue weighted by molar-refractivity contribution is 6.17. The van der Waals surface area contributed by atoms with Crippen LogP contribution in [0.15, 0.2) is 0 Å². The lowest BCUT2D eigenvalue weighted by atomic mass is 9.90. The van der Waals surface area contributed by atoms with Gasteiger partial charge in [0.1, 0.15) is 0 Å². The molecule has 27 heavy (non-hydrogen) atoms. The average molecular weight is 380 g/mol. The minimum absolute atomic E-state index is 0.0411. The first-order valence-corrected chi connectivity index (χ1v) is 8.83. The summed E-state index contributed by atoms with van der Waals surface area (Å²) in [5.74, 6) is -6.63. The van der Waals surface area contributed by atoms with Crippen molar-refractivity contribution in [2.75, 3.05) is 0 Å². The third-order valence-corrected chi connectivity index (χ3v) is 3.80. The first-order chi connectivity index (χ1) is 12.7. The van der Waals surface area contributed by atoms with E-state index in [0.717, 1.165) is 0 Å². The monoisotopic (exact) mass is 380 g/mol. The van der Waals surface area contributed by atoms with E-state index < -0.39 is 57.4 Å². The van der Waals surface area contributed by atoms with Gasteiger partial charge >= 0.3 is 11.9 Å². The normalized spacial score (nSPS) is 10.5. The molecule has 3 N–H and O–H groups in total. The average Bonchev–Trinajstić information content (AvgIpc) is 2.58. The SMILES string of the molecule is CCCC(=O)Oc1c(O)c(O)c(C(=O)CCC)c(C(=O)O)c1C(=O)CCC. The Labute approximate surface area is 156 Å². The van der Waals surface area contributed by atoms with E-state index in [-0.39, 0.29) is 19.3 Å². The molecule has 0 amide bonds. The second-order valence-corrected chi connectivity index (χ2v) is 6.03. The van der Waals surface area contributed by atoms with Crippen LogP contribution in [0.1, 0.15) is 90.4 Å². The number of carboxylic acids is 1. The van der Waals surface area contributed by atoms with Gasteiger partial charge in [0.15, 0.2) is 23.1 Å². The van der Waals surface area contributed by atoms with Gasteiger partial charge in [0.25, 0.3) is 0 Å². The van der Waals surface area contributed by atoms with Crippen molar-refractivity contribution < 1.29 is 39.2 Å². The van der Waals surface area contributed by atoms with Crippen molar-refractivity contribution in [2.45, 2.75) is 59.3 Å². The number of esters is 1. The molecule has 0 aliphatic heterocycles. The molecule has 1 aromatic carbocycles. The number of aromatic hydroxyl groups is 2. The number of ketones is 2. The molecule has 0 aliphatic rings. The van der Waals surface area contributed by atoms with Crippen molar-refractivity contribution >= 4 is 23.5 Å². The summed E-state index contributed by atoms with van der Waals surface area (Å²) in [5, 5.41) is 30.2. The highest BCUT2D eigenvalue weighted by atomic mass is 16.5. The molecule has 0 unspecified atom stereocenters. The number of carbonyl (C=O) groups excluding carboxylic acids is 3. The van der Waals surface area contributed by atoms with Crippen LogP contribution in [0, 0.1) is 0 Å². The maximum Gasteiger partial charge on any atom is 0.337 e. The Bertz CT molecular complexity index is 764. The van der Waals surface area contributed by atoms with E-state index in [9.17, 15) is 34.5 Å². The van der Waals surface area contributed by atoms with E-state index in [0.29, 0.717) is 19.3 Å². The zero-order chi connectivity index (χ0) is 20.7. The van der Waals surface area contributed by atoms with Crippen LogP contribution >= 0.6 is 0 Å². The summed E-state index contributed by atoms with van der Waals surface area (Å²) in [4.78, 5) is 48.6. The van der Waals surface area contributed by atoms with Gasteiger partial charge in [-0.15, -0.1) is 0 Å². The Kier molecular flexibility index (Phi) is 7.96. The van der Waals surface area contributed by atoms with Crippen LogP contribution in [-0.4, -0.2) is 38.8 Å². The van der Waals surface area contributed by atoms with E-state index >= 15 is 0 Å². The molecule has 0 spiro atoms. The zero-order valence-corrected chi connectivity index (χ0v) is 15.6. The van der Waals surface area contributed by atoms with Crippen LogP contribution in [0.4, 0.5) is 0 Å². The second kappa shape index (κ2) is 9.70. The predicted molar refractivity (Wildman–Crippen MR) is 95.8 cm³/mol. The van der Waals surface area contributed by atoms with Gasteiger partial charge in [-0.05, 0) is 19.3 Å². The molecule has 0 aromatic heterocycles. The summed E-state index contributed by atoms with van der Waals surface area (Å²) >= 11 is 0. The number of rotatable bonds is 10. The van der Waals surface area contributed by atoms with Crippen molar-refractivity contribution in [3.05, 3.63) is 16.7 Å². The van der Waals surface area contributed by atoms with Crippen molar-refractivity contribution in [3.8, 4) is 17.2 Å². The number of carbonyl (C=O) groups is 4. The van der Waals surface area contributed by atoms with Gasteiger partial charge in [0.05, 0.1) is 16.7 Å². The number of hydrogen-bond acceptors (Lipinski definition) is 7. The third-order valence-electron chi connectivity index (χ3n) is 3.80. The molecular weight excluding hydrogens is 356 g/mol. The topological polar surface area (TPSA) is 138 Å². The summed E-state index contributed by atoms with van der Waals surface area (Å²) in [6.45, 7) is 5.07. The van der Waals surface area contributed by atoms with E-state index in [1.165, 1.54) is 0 Å². The maximum absolute atomic E-state index is 12.6. The number of Topliss-reactive ketones (excluding diaryl/α,β-unsaturated/α-hetero) is 2. The minimum atomic E-state index is -1.64. The van der Waals surface area contributed by atoms with E-state index in [1.807, 2.05) is 0 Å². The van der Waals surface area contributed by atoms with Gasteiger partial charge < -0.3 is 20.1 Å². The van der Waals surface area contributed by atoms with Gasteiger partial charge in [-0.3, -0.25) is 14.4 Å². The molecule has 1 aromatic rings. The molecule has 148 valence electrons. The molecule has 0 atom stereocenters. The van der Waals surface area contributed by atoms with Crippen LogP contribution in [0.3, 0.4) is 0 Å². The maximum atomic E-state index is 12.6. The summed E-state index contributed by atoms with van der Waals surface area (Å²) in [5.41, 5.74) is -2.00. The molecule has 0 saturated heterocycles. The van der Waals surface area contributed by atoms with Crippen LogP contribution in [0.25, 0.3) is 0 Å². The molecule has 8 nitrogen and oxygen atoms in total. The van der Waals surface area contributed by atoms with Gasteiger partial charge in [0, 0.05) is 19.3 Å². The number of phenolic OH excluding ortho intramolecular Hbond substituents is 2. The highest BCUT2D eigenvalue weighted by Gasteiger charge is 2.35. The van der Waals surface area contributed by atoms with E-state index in [4.69, 9.17) is 4.74 Å². The largest absolute Gasteiger partial charge is 0.504 e. The van der Waals surface area contributed by atoms with E-state index in [1.54, 1.807) is 20.8 Å². The Morgan fingerprint density at radius 2 is 1.22 bits per heavy atom. The van der Waals surface area contributed by atoms with Crippen molar-refractivity contribution in [2.24, 2.45) is 0 Å². The quantitative estimate of drug-likeness (QED) is 0.243. The van der Waals surface area contributed by atoms with Gasteiger partial charge in [-0.2, -0.15) is 0 Å². The Morgan fingerprint density at radius 1 is 0.741 bits per heavy atom. The molecule has 0 aliphatic carbocycles. The lowest BCUT2D eigenvalue weighted by Gasteiger charge is -2.18. The lowest BCUT2D eigenvalue weighted by molar-refractivity contribution is -0.134. The Hall–Kier alpha value is -2.90. The van der Waals surface area contributed by atoms with Crippen molar-refractivity contribution in [1.82, 2.24) is 0 Å². The Morgan fingerprint density at radius 3 is 1.67 bits per heavy atom. The van der Waals surface area contributed by atoms with Crippen LogP contribution in [-0.2, 0) is 4.79 Å². The number of hydrogen-bond donors (Lipinski definition) is 3. The van der Waals surface area contributed by atoms with Gasteiger partial charge in [0.2, 0.25) is 5.75 Å². The highest BCUT2D eigenvalue weighted by Crippen LogP contribution is 2.45. The number of ether oxygens (including phenoxy) is 1. The molecule has 0 radical (unpaired) electrons. The van der Waals surface area contributed by atoms with Crippen molar-refractivity contribution in [1.29, 1.82) is 0 Å². The first kappa shape index (κ1) is 22.1. The summed E-state index contributed by atoms with van der Waals surface area (Å²) in [6, 6.07) is 0.